The molecular weight excluding hydrogens is 244 g/mol. The SMILES string of the molecule is COC(=O)CCNC(=O)N/C=C/c1ccc(C)cc1. The van der Waals surface area contributed by atoms with Crippen LogP contribution in [-0.2, 0) is 9.53 Å². The Hall–Kier alpha value is -2.30. The fourth-order valence-corrected chi connectivity index (χ4v) is 1.32. The molecule has 0 atom stereocenters. The van der Waals surface area contributed by atoms with E-state index in [-0.39, 0.29) is 25.0 Å². The van der Waals surface area contributed by atoms with E-state index in [0.29, 0.717) is 0 Å². The predicted octanol–water partition coefficient (Wildman–Crippen LogP) is 1.83. The number of urea groups is 1. The molecule has 2 N–H and O–H groups in total. The highest BCUT2D eigenvalue weighted by Gasteiger charge is 2.01. The van der Waals surface area contributed by atoms with Crippen LogP contribution in [0.2, 0.25) is 0 Å². The molecule has 0 radical (unpaired) electrons. The maximum absolute atomic E-state index is 11.3. The smallest absolute Gasteiger partial charge is 0.318 e. The van der Waals surface area contributed by atoms with Crippen LogP contribution < -0.4 is 10.6 Å². The molecule has 1 aromatic rings. The molecule has 0 aliphatic rings. The van der Waals surface area contributed by atoms with Crippen LogP contribution in [0.5, 0.6) is 0 Å². The molecule has 102 valence electrons. The van der Waals surface area contributed by atoms with E-state index in [4.69, 9.17) is 0 Å². The second kappa shape index (κ2) is 7.92. The molecule has 0 aliphatic heterocycles. The van der Waals surface area contributed by atoms with Crippen LogP contribution in [0.25, 0.3) is 6.08 Å². The molecule has 1 aromatic carbocycles. The van der Waals surface area contributed by atoms with E-state index >= 15 is 0 Å². The average Bonchev–Trinajstić information content (AvgIpc) is 2.41. The topological polar surface area (TPSA) is 67.4 Å². The standard InChI is InChI=1S/C14H18N2O3/c1-11-3-5-12(6-4-11)7-9-15-14(18)16-10-8-13(17)19-2/h3-7,9H,8,10H2,1-2H3,(H2,15,16,18)/b9-7+. The minimum Gasteiger partial charge on any atom is -0.469 e. The number of carbonyl (C=O) groups is 2. The maximum Gasteiger partial charge on any atom is 0.318 e. The van der Waals surface area contributed by atoms with Gasteiger partial charge >= 0.3 is 12.0 Å². The molecule has 0 spiro atoms. The van der Waals surface area contributed by atoms with E-state index in [0.717, 1.165) is 5.56 Å². The van der Waals surface area contributed by atoms with E-state index in [1.54, 1.807) is 12.3 Å². The third-order valence-corrected chi connectivity index (χ3v) is 2.41. The highest BCUT2D eigenvalue weighted by molar-refractivity contribution is 5.77. The van der Waals surface area contributed by atoms with Gasteiger partial charge in [0.05, 0.1) is 13.5 Å². The Labute approximate surface area is 112 Å². The minimum absolute atomic E-state index is 0.158. The number of methoxy groups -OCH3 is 1. The van der Waals surface area contributed by atoms with Crippen LogP contribution in [0.1, 0.15) is 17.5 Å². The van der Waals surface area contributed by atoms with Crippen molar-refractivity contribution in [1.82, 2.24) is 10.6 Å². The molecule has 5 heteroatoms. The first-order valence-electron chi connectivity index (χ1n) is 5.96. The summed E-state index contributed by atoms with van der Waals surface area (Å²) in [7, 11) is 1.31. The summed E-state index contributed by atoms with van der Waals surface area (Å²) in [5.41, 5.74) is 2.19. The van der Waals surface area contributed by atoms with Crippen LogP contribution in [0.15, 0.2) is 30.5 Å². The van der Waals surface area contributed by atoms with Gasteiger partial charge in [0, 0.05) is 12.7 Å². The molecule has 5 nitrogen and oxygen atoms in total. The number of hydrogen-bond acceptors (Lipinski definition) is 3. The number of ether oxygens (including phenoxy) is 1. The van der Waals surface area contributed by atoms with Gasteiger partial charge in [0.2, 0.25) is 0 Å². The molecule has 2 amide bonds. The van der Waals surface area contributed by atoms with Crippen molar-refractivity contribution in [1.29, 1.82) is 0 Å². The summed E-state index contributed by atoms with van der Waals surface area (Å²) in [5, 5.41) is 5.10. The van der Waals surface area contributed by atoms with Crippen LogP contribution in [0.4, 0.5) is 4.79 Å². The lowest BCUT2D eigenvalue weighted by molar-refractivity contribution is -0.140. The zero-order chi connectivity index (χ0) is 14.1. The molecule has 0 aromatic heterocycles. The van der Waals surface area contributed by atoms with Crippen molar-refractivity contribution in [3.63, 3.8) is 0 Å². The quantitative estimate of drug-likeness (QED) is 0.795. The highest BCUT2D eigenvalue weighted by Crippen LogP contribution is 2.03. The number of aryl methyl sites for hydroxylation is 1. The Kier molecular flexibility index (Phi) is 6.15. The van der Waals surface area contributed by atoms with Gasteiger partial charge in [-0.15, -0.1) is 0 Å². The van der Waals surface area contributed by atoms with E-state index < -0.39 is 0 Å². The lowest BCUT2D eigenvalue weighted by Gasteiger charge is -2.03. The Morgan fingerprint density at radius 2 is 1.95 bits per heavy atom. The van der Waals surface area contributed by atoms with Crippen molar-refractivity contribution >= 4 is 18.1 Å². The second-order valence-corrected chi connectivity index (χ2v) is 3.97. The first-order valence-corrected chi connectivity index (χ1v) is 5.96. The van der Waals surface area contributed by atoms with E-state index in [1.807, 2.05) is 31.2 Å². The first kappa shape index (κ1) is 14.8. The van der Waals surface area contributed by atoms with Crippen molar-refractivity contribution in [2.45, 2.75) is 13.3 Å². The van der Waals surface area contributed by atoms with E-state index in [2.05, 4.69) is 15.4 Å². The lowest BCUT2D eigenvalue weighted by Crippen LogP contribution is -2.33. The Morgan fingerprint density at radius 1 is 1.26 bits per heavy atom. The van der Waals surface area contributed by atoms with Gasteiger partial charge in [-0.3, -0.25) is 4.79 Å². The van der Waals surface area contributed by atoms with Crippen molar-refractivity contribution < 1.29 is 14.3 Å². The van der Waals surface area contributed by atoms with Crippen molar-refractivity contribution in [3.05, 3.63) is 41.6 Å². The number of amides is 2. The first-order chi connectivity index (χ1) is 9.11. The van der Waals surface area contributed by atoms with Gasteiger partial charge in [-0.2, -0.15) is 0 Å². The lowest BCUT2D eigenvalue weighted by atomic mass is 10.1. The van der Waals surface area contributed by atoms with Gasteiger partial charge in [0.15, 0.2) is 0 Å². The van der Waals surface area contributed by atoms with Crippen LogP contribution >= 0.6 is 0 Å². The number of benzene rings is 1. The Morgan fingerprint density at radius 3 is 2.58 bits per heavy atom. The predicted molar refractivity (Wildman–Crippen MR) is 73.4 cm³/mol. The van der Waals surface area contributed by atoms with Crippen molar-refractivity contribution in [2.24, 2.45) is 0 Å². The van der Waals surface area contributed by atoms with Gasteiger partial charge in [-0.05, 0) is 18.6 Å². The number of hydrogen-bond donors (Lipinski definition) is 2. The molecule has 0 fully saturated rings. The van der Waals surface area contributed by atoms with E-state index in [9.17, 15) is 9.59 Å². The molecule has 0 saturated carbocycles. The summed E-state index contributed by atoms with van der Waals surface area (Å²) in [5.74, 6) is -0.351. The third kappa shape index (κ3) is 6.26. The number of nitrogens with one attached hydrogen (secondary N) is 2. The van der Waals surface area contributed by atoms with Crippen LogP contribution in [-0.4, -0.2) is 25.7 Å². The Balaban J connectivity index is 2.26. The highest BCUT2D eigenvalue weighted by atomic mass is 16.5. The third-order valence-electron chi connectivity index (χ3n) is 2.41. The molecule has 0 heterocycles. The van der Waals surface area contributed by atoms with Gasteiger partial charge in [0.25, 0.3) is 0 Å². The maximum atomic E-state index is 11.3. The summed E-state index contributed by atoms with van der Waals surface area (Å²) in [4.78, 5) is 22.1. The van der Waals surface area contributed by atoms with Gasteiger partial charge in [0.1, 0.15) is 0 Å². The fraction of sp³-hybridized carbons (Fsp3) is 0.286. The summed E-state index contributed by atoms with van der Waals surface area (Å²) in [6.07, 6.45) is 3.50. The molecule has 19 heavy (non-hydrogen) atoms. The minimum atomic E-state index is -0.354. The second-order valence-electron chi connectivity index (χ2n) is 3.97. The summed E-state index contributed by atoms with van der Waals surface area (Å²) in [6, 6.07) is 7.56. The molecule has 0 unspecified atom stereocenters. The zero-order valence-corrected chi connectivity index (χ0v) is 11.1. The molecule has 1 rings (SSSR count). The molecule has 0 aliphatic carbocycles. The van der Waals surface area contributed by atoms with Gasteiger partial charge < -0.3 is 15.4 Å². The van der Waals surface area contributed by atoms with Crippen LogP contribution in [0, 0.1) is 6.92 Å². The summed E-state index contributed by atoms with van der Waals surface area (Å²) < 4.78 is 4.46. The fourth-order valence-electron chi connectivity index (χ4n) is 1.32. The number of esters is 1. The van der Waals surface area contributed by atoms with Gasteiger partial charge in [-0.1, -0.05) is 29.8 Å². The monoisotopic (exact) mass is 262 g/mol. The number of carbonyl (C=O) groups excluding carboxylic acids is 2. The molecular formula is C14H18N2O3. The Bertz CT molecular complexity index is 452. The molecule has 0 bridgehead atoms. The van der Waals surface area contributed by atoms with Crippen LogP contribution in [0.3, 0.4) is 0 Å². The molecule has 0 saturated heterocycles. The van der Waals surface area contributed by atoms with E-state index in [1.165, 1.54) is 12.7 Å². The van der Waals surface area contributed by atoms with Gasteiger partial charge in [-0.25, -0.2) is 4.79 Å². The number of rotatable bonds is 5. The normalized spacial score (nSPS) is 10.2. The summed E-state index contributed by atoms with van der Waals surface area (Å²) in [6.45, 7) is 2.26. The van der Waals surface area contributed by atoms with Crippen molar-refractivity contribution in [2.75, 3.05) is 13.7 Å². The largest absolute Gasteiger partial charge is 0.469 e. The average molecular weight is 262 g/mol. The zero-order valence-electron chi connectivity index (χ0n) is 11.1. The van der Waals surface area contributed by atoms with Crippen molar-refractivity contribution in [3.8, 4) is 0 Å². The summed E-state index contributed by atoms with van der Waals surface area (Å²) >= 11 is 0.